The van der Waals surface area contributed by atoms with Gasteiger partial charge in [0.25, 0.3) is 5.69 Å². The summed E-state index contributed by atoms with van der Waals surface area (Å²) in [4.78, 5) is 9.92. The van der Waals surface area contributed by atoms with Gasteiger partial charge in [-0.1, -0.05) is 13.3 Å². The summed E-state index contributed by atoms with van der Waals surface area (Å²) in [6.45, 7) is 5.16. The Hall–Kier alpha value is -1.98. The van der Waals surface area contributed by atoms with Crippen LogP contribution in [0.2, 0.25) is 0 Å². The van der Waals surface area contributed by atoms with Crippen LogP contribution in [0.5, 0.6) is 0 Å². The van der Waals surface area contributed by atoms with Crippen molar-refractivity contribution in [3.8, 4) is 6.07 Å². The summed E-state index contributed by atoms with van der Waals surface area (Å²) in [5.74, 6) is 0. The number of nitrogens with zero attached hydrogens (tertiary/aromatic N) is 2. The van der Waals surface area contributed by atoms with Gasteiger partial charge in [0.05, 0.1) is 11.0 Å². The van der Waals surface area contributed by atoms with Crippen molar-refractivity contribution in [1.29, 1.82) is 5.26 Å². The Morgan fingerprint density at radius 1 is 1.38 bits per heavy atom. The summed E-state index contributed by atoms with van der Waals surface area (Å²) in [7, 11) is -4.12. The Morgan fingerprint density at radius 2 is 1.95 bits per heavy atom. The van der Waals surface area contributed by atoms with Crippen molar-refractivity contribution in [2.24, 2.45) is 0 Å². The molecule has 0 saturated carbocycles. The van der Waals surface area contributed by atoms with Crippen molar-refractivity contribution in [3.63, 3.8) is 0 Å². The summed E-state index contributed by atoms with van der Waals surface area (Å²) >= 11 is 0. The number of aryl methyl sites for hydroxylation is 2. The Kier molecular flexibility index (Phi) is 5.41. The molecule has 1 aromatic rings. The molecule has 0 aliphatic rings. The van der Waals surface area contributed by atoms with E-state index in [0.717, 1.165) is 0 Å². The van der Waals surface area contributed by atoms with Gasteiger partial charge in [0.2, 0.25) is 10.0 Å². The molecule has 1 atom stereocenters. The topological polar surface area (TPSA) is 113 Å². The average molecular weight is 311 g/mol. The average Bonchev–Trinajstić information content (AvgIpc) is 2.40. The quantitative estimate of drug-likeness (QED) is 0.639. The SMILES string of the molecule is CCCC(C#N)NS(=O)(=O)c1cc(C)c(C)cc1[N+](=O)[O-]. The third-order valence-electron chi connectivity index (χ3n) is 3.09. The molecule has 0 saturated heterocycles. The van der Waals surface area contributed by atoms with Gasteiger partial charge in [-0.3, -0.25) is 10.1 Å². The number of sulfonamides is 1. The highest BCUT2D eigenvalue weighted by Gasteiger charge is 2.28. The zero-order valence-corrected chi connectivity index (χ0v) is 12.9. The molecule has 1 aromatic carbocycles. The summed E-state index contributed by atoms with van der Waals surface area (Å²) < 4.78 is 26.8. The lowest BCUT2D eigenvalue weighted by molar-refractivity contribution is -0.387. The van der Waals surface area contributed by atoms with E-state index < -0.39 is 31.6 Å². The van der Waals surface area contributed by atoms with E-state index in [1.807, 2.05) is 13.0 Å². The van der Waals surface area contributed by atoms with Gasteiger partial charge in [-0.2, -0.15) is 9.98 Å². The highest BCUT2D eigenvalue weighted by molar-refractivity contribution is 7.89. The molecular weight excluding hydrogens is 294 g/mol. The number of hydrogen-bond acceptors (Lipinski definition) is 5. The first-order valence-electron chi connectivity index (χ1n) is 6.40. The Labute approximate surface area is 123 Å². The summed E-state index contributed by atoms with van der Waals surface area (Å²) in [6.07, 6.45) is 0.962. The van der Waals surface area contributed by atoms with Crippen LogP contribution in [-0.4, -0.2) is 19.4 Å². The zero-order valence-electron chi connectivity index (χ0n) is 12.1. The van der Waals surface area contributed by atoms with Gasteiger partial charge in [0.15, 0.2) is 4.90 Å². The van der Waals surface area contributed by atoms with Crippen LogP contribution in [0.4, 0.5) is 5.69 Å². The fourth-order valence-corrected chi connectivity index (χ4v) is 3.23. The molecule has 0 aromatic heterocycles. The van der Waals surface area contributed by atoms with Crippen LogP contribution < -0.4 is 4.72 Å². The molecule has 0 radical (unpaired) electrons. The first-order valence-corrected chi connectivity index (χ1v) is 7.88. The number of benzene rings is 1. The molecule has 0 aliphatic heterocycles. The van der Waals surface area contributed by atoms with E-state index in [1.54, 1.807) is 13.8 Å². The lowest BCUT2D eigenvalue weighted by Crippen LogP contribution is -2.34. The van der Waals surface area contributed by atoms with Crippen molar-refractivity contribution in [3.05, 3.63) is 33.4 Å². The van der Waals surface area contributed by atoms with Crippen molar-refractivity contribution in [2.75, 3.05) is 0 Å². The largest absolute Gasteiger partial charge is 0.289 e. The lowest BCUT2D eigenvalue weighted by Gasteiger charge is -2.12. The van der Waals surface area contributed by atoms with Gasteiger partial charge in [-0.15, -0.1) is 0 Å². The van der Waals surface area contributed by atoms with Gasteiger partial charge < -0.3 is 0 Å². The number of hydrogen-bond donors (Lipinski definition) is 1. The van der Waals surface area contributed by atoms with Gasteiger partial charge in [0, 0.05) is 6.07 Å². The molecule has 8 heteroatoms. The molecule has 0 amide bonds. The Balaban J connectivity index is 3.34. The molecule has 21 heavy (non-hydrogen) atoms. The predicted molar refractivity (Wildman–Crippen MR) is 77.2 cm³/mol. The summed E-state index contributed by atoms with van der Waals surface area (Å²) in [5, 5.41) is 20.0. The maximum atomic E-state index is 12.3. The van der Waals surface area contributed by atoms with Crippen LogP contribution in [0.25, 0.3) is 0 Å². The molecule has 1 rings (SSSR count). The van der Waals surface area contributed by atoms with E-state index in [4.69, 9.17) is 5.26 Å². The van der Waals surface area contributed by atoms with Crippen LogP contribution in [0.3, 0.4) is 0 Å². The van der Waals surface area contributed by atoms with Gasteiger partial charge >= 0.3 is 0 Å². The number of nitro benzene ring substituents is 1. The van der Waals surface area contributed by atoms with Crippen molar-refractivity contribution >= 4 is 15.7 Å². The molecule has 0 heterocycles. The number of nitrogens with one attached hydrogen (secondary N) is 1. The van der Waals surface area contributed by atoms with Crippen LogP contribution in [0.1, 0.15) is 30.9 Å². The van der Waals surface area contributed by atoms with E-state index >= 15 is 0 Å². The van der Waals surface area contributed by atoms with E-state index in [9.17, 15) is 18.5 Å². The monoisotopic (exact) mass is 311 g/mol. The third-order valence-corrected chi connectivity index (χ3v) is 4.59. The normalized spacial score (nSPS) is 12.7. The zero-order chi connectivity index (χ0) is 16.2. The van der Waals surface area contributed by atoms with E-state index in [1.165, 1.54) is 12.1 Å². The maximum Gasteiger partial charge on any atom is 0.289 e. The van der Waals surface area contributed by atoms with E-state index in [0.29, 0.717) is 24.0 Å². The van der Waals surface area contributed by atoms with Crippen molar-refractivity contribution < 1.29 is 13.3 Å². The lowest BCUT2D eigenvalue weighted by atomic mass is 10.1. The first kappa shape index (κ1) is 17.1. The molecule has 0 fully saturated rings. The molecular formula is C13H17N3O4S. The van der Waals surface area contributed by atoms with Crippen molar-refractivity contribution in [1.82, 2.24) is 4.72 Å². The molecule has 114 valence electrons. The summed E-state index contributed by atoms with van der Waals surface area (Å²) in [6, 6.07) is 3.43. The highest BCUT2D eigenvalue weighted by Crippen LogP contribution is 2.27. The smallest absolute Gasteiger partial charge is 0.258 e. The number of nitro groups is 1. The standard InChI is InChI=1S/C13H17N3O4S/c1-4-5-11(8-14)15-21(19,20)13-7-10(3)9(2)6-12(13)16(17)18/h6-7,11,15H,4-5H2,1-3H3. The van der Waals surface area contributed by atoms with E-state index in [2.05, 4.69) is 4.72 Å². The highest BCUT2D eigenvalue weighted by atomic mass is 32.2. The molecule has 0 spiro atoms. The van der Waals surface area contributed by atoms with Crippen molar-refractivity contribution in [2.45, 2.75) is 44.6 Å². The van der Waals surface area contributed by atoms with E-state index in [-0.39, 0.29) is 0 Å². The summed E-state index contributed by atoms with van der Waals surface area (Å²) in [5.41, 5.74) is 0.773. The molecule has 0 aliphatic carbocycles. The molecule has 1 N–H and O–H groups in total. The molecule has 1 unspecified atom stereocenters. The maximum absolute atomic E-state index is 12.3. The minimum Gasteiger partial charge on any atom is -0.258 e. The third kappa shape index (κ3) is 4.00. The van der Waals surface area contributed by atoms with Gasteiger partial charge in [-0.05, 0) is 37.5 Å². The fourth-order valence-electron chi connectivity index (χ4n) is 1.82. The molecule has 0 bridgehead atoms. The second-order valence-corrected chi connectivity index (χ2v) is 6.44. The Bertz CT molecular complexity index is 692. The van der Waals surface area contributed by atoms with Gasteiger partial charge in [-0.25, -0.2) is 8.42 Å². The number of nitriles is 1. The first-order chi connectivity index (χ1) is 9.72. The van der Waals surface area contributed by atoms with Gasteiger partial charge in [0.1, 0.15) is 6.04 Å². The second-order valence-electron chi connectivity index (χ2n) is 4.75. The predicted octanol–water partition coefficient (Wildman–Crippen LogP) is 2.18. The second kappa shape index (κ2) is 6.65. The van der Waals surface area contributed by atoms with Crippen LogP contribution in [0, 0.1) is 35.3 Å². The van der Waals surface area contributed by atoms with Crippen LogP contribution in [0.15, 0.2) is 17.0 Å². The van der Waals surface area contributed by atoms with Crippen LogP contribution >= 0.6 is 0 Å². The Morgan fingerprint density at radius 3 is 2.43 bits per heavy atom. The minimum absolute atomic E-state index is 0.342. The van der Waals surface area contributed by atoms with Crippen LogP contribution in [-0.2, 0) is 10.0 Å². The number of rotatable bonds is 6. The fraction of sp³-hybridized carbons (Fsp3) is 0.462. The minimum atomic E-state index is -4.12. The molecule has 7 nitrogen and oxygen atoms in total.